The average molecular weight is 589 g/mol. The van der Waals surface area contributed by atoms with Gasteiger partial charge in [0.2, 0.25) is 11.8 Å². The Balaban J connectivity index is 1.66. The molecule has 0 aliphatic heterocycles. The van der Waals surface area contributed by atoms with Crippen molar-refractivity contribution in [2.75, 3.05) is 10.6 Å². The van der Waals surface area contributed by atoms with Gasteiger partial charge in [0.25, 0.3) is 0 Å². The summed E-state index contributed by atoms with van der Waals surface area (Å²) in [5.41, 5.74) is 4.35. The molecule has 5 N–H and O–H groups in total. The topological polar surface area (TPSA) is 170 Å². The van der Waals surface area contributed by atoms with Crippen molar-refractivity contribution in [2.24, 2.45) is 0 Å². The summed E-state index contributed by atoms with van der Waals surface area (Å²) in [7, 11) is 0. The minimum Gasteiger partial charge on any atom is -0.478 e. The standard InChI is InChI=1S/C34H24N2O8/c37-28(16-18-30(39)40)35-22-12-8-20(9-13-22)34(21-10-14-23(15-11-21)36-29(38)17-19-31(41)42)26-6-2-1-4-24(26)32-25(33(43)44)5-3-7-27(32)34/h1-19H,(H,35,37)(H,36,38)(H,39,40)(H,41,42)(H,43,44)/b18-16+,19-17+. The Bertz CT molecular complexity index is 1790. The van der Waals surface area contributed by atoms with Crippen LogP contribution in [0.4, 0.5) is 11.4 Å². The molecule has 0 radical (unpaired) electrons. The van der Waals surface area contributed by atoms with Crippen molar-refractivity contribution in [1.82, 2.24) is 0 Å². The van der Waals surface area contributed by atoms with Gasteiger partial charge >= 0.3 is 17.9 Å². The summed E-state index contributed by atoms with van der Waals surface area (Å²) in [4.78, 5) is 58.3. The molecule has 0 bridgehead atoms. The summed E-state index contributed by atoms with van der Waals surface area (Å²) in [5.74, 6) is -4.81. The number of benzene rings is 4. The Morgan fingerprint density at radius 1 is 0.545 bits per heavy atom. The molecule has 0 aromatic heterocycles. The van der Waals surface area contributed by atoms with Crippen LogP contribution in [0.2, 0.25) is 0 Å². The van der Waals surface area contributed by atoms with Gasteiger partial charge in [0.15, 0.2) is 0 Å². The third-order valence-electron chi connectivity index (χ3n) is 7.22. The number of aliphatic carboxylic acids is 2. The molecule has 10 heteroatoms. The van der Waals surface area contributed by atoms with Crippen LogP contribution in [0.1, 0.15) is 32.6 Å². The van der Waals surface area contributed by atoms with Gasteiger partial charge in [-0.25, -0.2) is 14.4 Å². The minimum absolute atomic E-state index is 0.139. The Hall–Kier alpha value is -6.29. The number of rotatable bonds is 9. The van der Waals surface area contributed by atoms with Crippen molar-refractivity contribution < 1.29 is 39.3 Å². The van der Waals surface area contributed by atoms with Crippen molar-refractivity contribution in [1.29, 1.82) is 0 Å². The number of hydrogen-bond acceptors (Lipinski definition) is 5. The Morgan fingerprint density at radius 2 is 1.02 bits per heavy atom. The molecular weight excluding hydrogens is 564 g/mol. The number of carboxylic acids is 3. The van der Waals surface area contributed by atoms with E-state index in [1.54, 1.807) is 36.4 Å². The fraction of sp³-hybridized carbons (Fsp3) is 0.0294. The van der Waals surface area contributed by atoms with Crippen LogP contribution in [0.5, 0.6) is 0 Å². The lowest BCUT2D eigenvalue weighted by molar-refractivity contribution is -0.132. The van der Waals surface area contributed by atoms with Gasteiger partial charge in [-0.05, 0) is 58.1 Å². The number of carboxylic acid groups (broad SMARTS) is 3. The molecule has 4 aromatic rings. The molecule has 0 atom stereocenters. The van der Waals surface area contributed by atoms with Crippen LogP contribution in [0, 0.1) is 0 Å². The lowest BCUT2D eigenvalue weighted by Gasteiger charge is -2.34. The van der Waals surface area contributed by atoms with Crippen LogP contribution in [0.25, 0.3) is 11.1 Å². The van der Waals surface area contributed by atoms with Gasteiger partial charge in [-0.1, -0.05) is 60.7 Å². The zero-order chi connectivity index (χ0) is 31.4. The molecule has 10 nitrogen and oxygen atoms in total. The summed E-state index contributed by atoms with van der Waals surface area (Å²) < 4.78 is 0. The van der Waals surface area contributed by atoms with E-state index in [0.717, 1.165) is 52.1 Å². The highest BCUT2D eigenvalue weighted by molar-refractivity contribution is 6.04. The number of carbonyl (C=O) groups excluding carboxylic acids is 2. The van der Waals surface area contributed by atoms with Crippen molar-refractivity contribution >= 4 is 41.1 Å². The van der Waals surface area contributed by atoms with Crippen LogP contribution in [0.3, 0.4) is 0 Å². The number of fused-ring (bicyclic) bond motifs is 3. The van der Waals surface area contributed by atoms with Crippen molar-refractivity contribution in [3.63, 3.8) is 0 Å². The Morgan fingerprint density at radius 3 is 1.50 bits per heavy atom. The summed E-state index contributed by atoms with van der Waals surface area (Å²) >= 11 is 0. The van der Waals surface area contributed by atoms with Gasteiger partial charge < -0.3 is 26.0 Å². The molecule has 0 spiro atoms. The molecule has 44 heavy (non-hydrogen) atoms. The first-order valence-electron chi connectivity index (χ1n) is 13.2. The zero-order valence-electron chi connectivity index (χ0n) is 22.9. The summed E-state index contributed by atoms with van der Waals surface area (Å²) in [6.07, 6.45) is 3.29. The first-order valence-corrected chi connectivity index (χ1v) is 13.2. The molecule has 218 valence electrons. The second-order valence-electron chi connectivity index (χ2n) is 9.81. The number of amides is 2. The zero-order valence-corrected chi connectivity index (χ0v) is 22.9. The molecule has 0 saturated heterocycles. The largest absolute Gasteiger partial charge is 0.478 e. The third-order valence-corrected chi connectivity index (χ3v) is 7.22. The molecule has 0 fully saturated rings. The molecule has 0 saturated carbocycles. The second-order valence-corrected chi connectivity index (χ2v) is 9.81. The number of hydrogen-bond donors (Lipinski definition) is 5. The van der Waals surface area contributed by atoms with Gasteiger partial charge in [-0.2, -0.15) is 0 Å². The van der Waals surface area contributed by atoms with Gasteiger partial charge in [0.1, 0.15) is 0 Å². The van der Waals surface area contributed by atoms with E-state index in [-0.39, 0.29) is 5.56 Å². The highest BCUT2D eigenvalue weighted by Gasteiger charge is 2.47. The van der Waals surface area contributed by atoms with E-state index in [1.165, 1.54) is 0 Å². The normalized spacial score (nSPS) is 12.8. The van der Waals surface area contributed by atoms with Gasteiger partial charge in [-0.15, -0.1) is 0 Å². The number of anilines is 2. The van der Waals surface area contributed by atoms with E-state index >= 15 is 0 Å². The highest BCUT2D eigenvalue weighted by Crippen LogP contribution is 2.57. The fourth-order valence-corrected chi connectivity index (χ4v) is 5.56. The predicted molar refractivity (Wildman–Crippen MR) is 162 cm³/mol. The van der Waals surface area contributed by atoms with Crippen LogP contribution in [-0.4, -0.2) is 45.0 Å². The maximum atomic E-state index is 12.4. The monoisotopic (exact) mass is 588 g/mol. The third kappa shape index (κ3) is 5.47. The van der Waals surface area contributed by atoms with Crippen LogP contribution >= 0.6 is 0 Å². The first kappa shape index (κ1) is 29.2. The molecule has 2 amide bonds. The minimum atomic E-state index is -1.25. The lowest BCUT2D eigenvalue weighted by atomic mass is 9.67. The van der Waals surface area contributed by atoms with E-state index in [9.17, 15) is 29.1 Å². The smallest absolute Gasteiger partial charge is 0.336 e. The highest BCUT2D eigenvalue weighted by atomic mass is 16.4. The molecule has 1 aliphatic rings. The van der Waals surface area contributed by atoms with Gasteiger partial charge in [0.05, 0.1) is 11.0 Å². The summed E-state index contributed by atoms with van der Waals surface area (Å²) in [6.45, 7) is 0. The maximum absolute atomic E-state index is 12.4. The Kier molecular flexibility index (Phi) is 7.90. The van der Waals surface area contributed by atoms with Crippen molar-refractivity contribution in [2.45, 2.75) is 5.41 Å². The molecule has 0 unspecified atom stereocenters. The molecule has 0 heterocycles. The molecule has 4 aromatic carbocycles. The van der Waals surface area contributed by atoms with Crippen LogP contribution in [0.15, 0.2) is 115 Å². The summed E-state index contributed by atoms with van der Waals surface area (Å²) in [5, 5.41) is 32.9. The summed E-state index contributed by atoms with van der Waals surface area (Å²) in [6, 6.07) is 26.6. The molecule has 1 aliphatic carbocycles. The number of aromatic carboxylic acids is 1. The van der Waals surface area contributed by atoms with E-state index in [4.69, 9.17) is 10.2 Å². The van der Waals surface area contributed by atoms with Gasteiger partial charge in [0, 0.05) is 41.2 Å². The van der Waals surface area contributed by atoms with E-state index < -0.39 is 35.1 Å². The van der Waals surface area contributed by atoms with Crippen molar-refractivity contribution in [3.8, 4) is 11.1 Å². The van der Waals surface area contributed by atoms with E-state index in [2.05, 4.69) is 10.6 Å². The Labute approximate surface area is 250 Å². The van der Waals surface area contributed by atoms with Crippen LogP contribution in [-0.2, 0) is 24.6 Å². The average Bonchev–Trinajstić information content (AvgIpc) is 3.31. The van der Waals surface area contributed by atoms with Crippen LogP contribution < -0.4 is 10.6 Å². The van der Waals surface area contributed by atoms with E-state index in [1.807, 2.05) is 54.6 Å². The van der Waals surface area contributed by atoms with Gasteiger partial charge in [-0.3, -0.25) is 9.59 Å². The quantitative estimate of drug-likeness (QED) is 0.151. The molecular formula is C34H24N2O8. The second kappa shape index (κ2) is 11.9. The first-order chi connectivity index (χ1) is 21.1. The number of nitrogens with one attached hydrogen (secondary N) is 2. The van der Waals surface area contributed by atoms with E-state index in [0.29, 0.717) is 16.9 Å². The van der Waals surface area contributed by atoms with Crippen molar-refractivity contribution in [3.05, 3.63) is 143 Å². The maximum Gasteiger partial charge on any atom is 0.336 e. The SMILES string of the molecule is O=C(O)/C=C/C(=O)Nc1ccc(C2(c3ccc(NC(=O)/C=C/C(=O)O)cc3)c3ccccc3-c3c(C(=O)O)cccc32)cc1. The number of carbonyl (C=O) groups is 5. The predicted octanol–water partition coefficient (Wildman–Crippen LogP) is 4.91. The lowest BCUT2D eigenvalue weighted by Crippen LogP contribution is -2.28. The molecule has 5 rings (SSSR count). The fourth-order valence-electron chi connectivity index (χ4n) is 5.56.